The van der Waals surface area contributed by atoms with Gasteiger partial charge in [-0.25, -0.2) is 9.78 Å². The van der Waals surface area contributed by atoms with Gasteiger partial charge in [0.15, 0.2) is 0 Å². The Balaban J connectivity index is 1.41. The summed E-state index contributed by atoms with van der Waals surface area (Å²) in [5, 5.41) is 3.03. The van der Waals surface area contributed by atoms with E-state index in [1.807, 2.05) is 42.5 Å². The molecule has 156 valence electrons. The third kappa shape index (κ3) is 3.94. The van der Waals surface area contributed by atoms with Crippen LogP contribution in [0.15, 0.2) is 76.4 Å². The molecule has 7 nitrogen and oxygen atoms in total. The number of rotatable bonds is 3. The van der Waals surface area contributed by atoms with E-state index in [4.69, 9.17) is 0 Å². The first kappa shape index (κ1) is 19.5. The highest BCUT2D eigenvalue weighted by atomic mass is 16.2. The summed E-state index contributed by atoms with van der Waals surface area (Å²) in [6.45, 7) is 0. The van der Waals surface area contributed by atoms with E-state index in [0.717, 1.165) is 24.0 Å². The quantitative estimate of drug-likeness (QED) is 0.496. The molecule has 1 saturated carbocycles. The number of hydrogen-bond donors (Lipinski definition) is 2. The summed E-state index contributed by atoms with van der Waals surface area (Å²) in [4.78, 5) is 43.8. The predicted octanol–water partition coefficient (Wildman–Crippen LogP) is 3.07. The first-order chi connectivity index (χ1) is 15.6. The highest BCUT2D eigenvalue weighted by Crippen LogP contribution is 2.34. The van der Waals surface area contributed by atoms with E-state index < -0.39 is 17.2 Å². The summed E-state index contributed by atoms with van der Waals surface area (Å²) in [6, 6.07) is 18.4. The average molecular weight is 422 g/mol. The average Bonchev–Trinajstić information content (AvgIpc) is 3.64. The van der Waals surface area contributed by atoms with Crippen LogP contribution < -0.4 is 16.6 Å². The number of carbonyl (C=O) groups excluding carboxylic acids is 1. The Labute approximate surface area is 182 Å². The zero-order valence-electron chi connectivity index (χ0n) is 17.0. The van der Waals surface area contributed by atoms with Crippen molar-refractivity contribution in [2.45, 2.75) is 18.9 Å². The topological polar surface area (TPSA) is 96.8 Å². The molecule has 2 aromatic heterocycles. The minimum absolute atomic E-state index is 0.0498. The number of aromatic amines is 1. The van der Waals surface area contributed by atoms with Gasteiger partial charge in [0.05, 0.1) is 10.9 Å². The van der Waals surface area contributed by atoms with E-state index >= 15 is 0 Å². The van der Waals surface area contributed by atoms with Crippen LogP contribution in [0.25, 0.3) is 11.0 Å². The molecule has 32 heavy (non-hydrogen) atoms. The number of nitrogens with zero attached hydrogens (tertiary/aromatic N) is 2. The molecule has 0 saturated heterocycles. The summed E-state index contributed by atoms with van der Waals surface area (Å²) in [7, 11) is 0. The molecule has 0 atom stereocenters. The molecule has 1 aliphatic rings. The van der Waals surface area contributed by atoms with Gasteiger partial charge in [-0.15, -0.1) is 0 Å². The van der Waals surface area contributed by atoms with Gasteiger partial charge in [0.1, 0.15) is 5.65 Å². The lowest BCUT2D eigenvalue weighted by atomic mass is 10.1. The second-order valence-corrected chi connectivity index (χ2v) is 7.61. The van der Waals surface area contributed by atoms with Gasteiger partial charge < -0.3 is 5.32 Å². The smallest absolute Gasteiger partial charge is 0.322 e. The maximum Gasteiger partial charge on any atom is 0.330 e. The Hall–Kier alpha value is -4.44. The second-order valence-electron chi connectivity index (χ2n) is 7.61. The number of carbonyl (C=O) groups is 1. The van der Waals surface area contributed by atoms with Crippen molar-refractivity contribution in [2.24, 2.45) is 0 Å². The molecule has 2 aromatic carbocycles. The highest BCUT2D eigenvalue weighted by molar-refractivity contribution is 6.05. The number of hydrogen-bond acceptors (Lipinski definition) is 4. The molecule has 0 aliphatic heterocycles. The fourth-order valence-electron chi connectivity index (χ4n) is 3.48. The molecular formula is C25H18N4O3. The van der Waals surface area contributed by atoms with Crippen LogP contribution in [0.4, 0.5) is 5.69 Å². The Morgan fingerprint density at radius 2 is 1.75 bits per heavy atom. The second kappa shape index (κ2) is 8.00. The molecule has 2 heterocycles. The van der Waals surface area contributed by atoms with Crippen LogP contribution in [0.2, 0.25) is 0 Å². The van der Waals surface area contributed by atoms with Crippen LogP contribution in [0.1, 0.15) is 40.4 Å². The summed E-state index contributed by atoms with van der Waals surface area (Å²) in [5.74, 6) is 5.76. The minimum Gasteiger partial charge on any atom is -0.322 e. The number of nitrogens with one attached hydrogen (secondary N) is 2. The van der Waals surface area contributed by atoms with Crippen molar-refractivity contribution in [1.29, 1.82) is 0 Å². The van der Waals surface area contributed by atoms with Crippen molar-refractivity contribution in [3.8, 4) is 11.8 Å². The lowest BCUT2D eigenvalue weighted by molar-refractivity contribution is 0.102. The number of fused-ring (bicyclic) bond motifs is 1. The third-order valence-electron chi connectivity index (χ3n) is 5.20. The summed E-state index contributed by atoms with van der Waals surface area (Å²) >= 11 is 0. The minimum atomic E-state index is -0.553. The zero-order chi connectivity index (χ0) is 22.1. The van der Waals surface area contributed by atoms with Gasteiger partial charge in [-0.2, -0.15) is 0 Å². The first-order valence-corrected chi connectivity index (χ1v) is 10.2. The largest absolute Gasteiger partial charge is 0.330 e. The van der Waals surface area contributed by atoms with Gasteiger partial charge in [-0.3, -0.25) is 19.1 Å². The Morgan fingerprint density at radius 3 is 2.53 bits per heavy atom. The lowest BCUT2D eigenvalue weighted by Crippen LogP contribution is -2.30. The first-order valence-electron chi connectivity index (χ1n) is 10.2. The van der Waals surface area contributed by atoms with Crippen molar-refractivity contribution in [3.05, 3.63) is 104 Å². The zero-order valence-corrected chi connectivity index (χ0v) is 17.0. The monoisotopic (exact) mass is 422 g/mol. The summed E-state index contributed by atoms with van der Waals surface area (Å²) in [6.07, 6.45) is 3.12. The fraction of sp³-hybridized carbons (Fsp3) is 0.120. The van der Waals surface area contributed by atoms with E-state index in [2.05, 4.69) is 27.1 Å². The van der Waals surface area contributed by atoms with E-state index in [1.165, 1.54) is 16.8 Å². The summed E-state index contributed by atoms with van der Waals surface area (Å²) in [5.41, 5.74) is 1.74. The highest BCUT2D eigenvalue weighted by Gasteiger charge is 2.27. The molecule has 5 rings (SSSR count). The Kier molecular flexibility index (Phi) is 4.88. The van der Waals surface area contributed by atoms with E-state index in [9.17, 15) is 14.4 Å². The number of H-pyrrole nitrogens is 1. The molecule has 0 radical (unpaired) electrons. The van der Waals surface area contributed by atoms with E-state index in [1.54, 1.807) is 12.1 Å². The molecule has 0 unspecified atom stereocenters. The number of anilines is 1. The van der Waals surface area contributed by atoms with Crippen LogP contribution in [0.3, 0.4) is 0 Å². The lowest BCUT2D eigenvalue weighted by Gasteiger charge is -2.09. The van der Waals surface area contributed by atoms with Gasteiger partial charge in [0, 0.05) is 29.1 Å². The number of aromatic nitrogens is 3. The van der Waals surface area contributed by atoms with Crippen LogP contribution >= 0.6 is 0 Å². The van der Waals surface area contributed by atoms with Gasteiger partial charge in [-0.05, 0) is 49.2 Å². The molecule has 2 N–H and O–H groups in total. The standard InChI is InChI=1S/C25H18N4O3/c30-23(27-19-8-4-7-17(13-19)10-9-16-5-2-1-3-6-16)18-14-21-22(26-15-18)29(20-11-12-20)25(32)28-24(21)31/h1-8,13-15,20H,11-12H2,(H,27,30)(H,28,31,32). The van der Waals surface area contributed by atoms with Gasteiger partial charge in [-0.1, -0.05) is 36.1 Å². The molecule has 1 aliphatic carbocycles. The van der Waals surface area contributed by atoms with Crippen molar-refractivity contribution in [1.82, 2.24) is 14.5 Å². The van der Waals surface area contributed by atoms with Crippen LogP contribution in [-0.4, -0.2) is 20.4 Å². The van der Waals surface area contributed by atoms with Crippen molar-refractivity contribution < 1.29 is 4.79 Å². The van der Waals surface area contributed by atoms with E-state index in [-0.39, 0.29) is 17.0 Å². The van der Waals surface area contributed by atoms with Crippen molar-refractivity contribution >= 4 is 22.6 Å². The van der Waals surface area contributed by atoms with Gasteiger partial charge >= 0.3 is 5.69 Å². The molecule has 1 fully saturated rings. The van der Waals surface area contributed by atoms with Gasteiger partial charge in [0.25, 0.3) is 11.5 Å². The van der Waals surface area contributed by atoms with Crippen LogP contribution in [0.5, 0.6) is 0 Å². The normalized spacial score (nSPS) is 12.8. The maximum atomic E-state index is 12.8. The fourth-order valence-corrected chi connectivity index (χ4v) is 3.48. The predicted molar refractivity (Wildman–Crippen MR) is 122 cm³/mol. The van der Waals surface area contributed by atoms with Crippen molar-refractivity contribution in [2.75, 3.05) is 5.32 Å². The number of pyridine rings is 1. The van der Waals surface area contributed by atoms with Crippen LogP contribution in [0, 0.1) is 11.8 Å². The molecule has 4 aromatic rings. The third-order valence-corrected chi connectivity index (χ3v) is 5.20. The Bertz CT molecular complexity index is 1520. The van der Waals surface area contributed by atoms with E-state index in [0.29, 0.717) is 11.3 Å². The molecule has 0 bridgehead atoms. The maximum absolute atomic E-state index is 12.8. The molecule has 1 amide bonds. The Morgan fingerprint density at radius 1 is 1.00 bits per heavy atom. The van der Waals surface area contributed by atoms with Crippen molar-refractivity contribution in [3.63, 3.8) is 0 Å². The summed E-state index contributed by atoms with van der Waals surface area (Å²) < 4.78 is 1.49. The van der Waals surface area contributed by atoms with Gasteiger partial charge in [0.2, 0.25) is 0 Å². The molecule has 7 heteroatoms. The molecular weight excluding hydrogens is 404 g/mol. The number of benzene rings is 2. The SMILES string of the molecule is O=C(Nc1cccc(C#Cc2ccccc2)c1)c1cnc2c(c1)c(=O)[nH]c(=O)n2C1CC1. The number of amides is 1. The molecule has 0 spiro atoms. The van der Waals surface area contributed by atoms with Crippen LogP contribution in [-0.2, 0) is 0 Å².